The summed E-state index contributed by atoms with van der Waals surface area (Å²) in [6.45, 7) is 2.45. The number of carbonyl (C=O) groups excluding carboxylic acids is 1. The van der Waals surface area contributed by atoms with Crippen molar-refractivity contribution in [1.29, 1.82) is 0 Å². The van der Waals surface area contributed by atoms with E-state index in [9.17, 15) is 9.18 Å². The van der Waals surface area contributed by atoms with E-state index in [0.717, 1.165) is 5.69 Å². The molecule has 3 rings (SSSR count). The Morgan fingerprint density at radius 2 is 1.70 bits per heavy atom. The van der Waals surface area contributed by atoms with Crippen LogP contribution in [0.4, 0.5) is 15.8 Å². The second-order valence-electron chi connectivity index (χ2n) is 5.83. The molecule has 1 fully saturated rings. The molecule has 1 aliphatic heterocycles. The van der Waals surface area contributed by atoms with Crippen LogP contribution in [-0.2, 0) is 0 Å². The molecular weight excluding hydrogens is 416 g/mol. The maximum absolute atomic E-state index is 13.0. The van der Waals surface area contributed by atoms with Gasteiger partial charge in [-0.1, -0.05) is 11.6 Å². The summed E-state index contributed by atoms with van der Waals surface area (Å²) in [6, 6.07) is 9.47. The predicted molar refractivity (Wildman–Crippen MR) is 111 cm³/mol. The van der Waals surface area contributed by atoms with Crippen LogP contribution < -0.4 is 15.4 Å². The summed E-state index contributed by atoms with van der Waals surface area (Å²) in [4.78, 5) is 16.7. The van der Waals surface area contributed by atoms with Gasteiger partial charge in [-0.2, -0.15) is 0 Å². The van der Waals surface area contributed by atoms with Crippen molar-refractivity contribution in [2.24, 2.45) is 0 Å². The van der Waals surface area contributed by atoms with Gasteiger partial charge in [-0.25, -0.2) is 4.39 Å². The number of amides is 1. The first-order valence-electron chi connectivity index (χ1n) is 7.92. The van der Waals surface area contributed by atoms with Crippen molar-refractivity contribution < 1.29 is 13.9 Å². The number of nitrogens with zero attached hydrogens (tertiary/aromatic N) is 2. The van der Waals surface area contributed by atoms with Crippen LogP contribution in [0.15, 0.2) is 36.4 Å². The number of carbonyl (C=O) groups is 1. The lowest BCUT2D eigenvalue weighted by atomic mass is 10.1. The Bertz CT molecular complexity index is 782. The number of hydrogen-bond acceptors (Lipinski definition) is 4. The lowest BCUT2D eigenvalue weighted by Gasteiger charge is -2.36. The van der Waals surface area contributed by atoms with Crippen LogP contribution in [0.5, 0.6) is 5.75 Å². The summed E-state index contributed by atoms with van der Waals surface area (Å²) in [6.07, 6.45) is 0. The fourth-order valence-electron chi connectivity index (χ4n) is 2.90. The molecule has 9 heteroatoms. The van der Waals surface area contributed by atoms with Crippen molar-refractivity contribution in [3.63, 3.8) is 0 Å². The number of nitrogens with two attached hydrogens (primary N) is 1. The lowest BCUT2D eigenvalue weighted by molar-refractivity contribution is 0.0743. The maximum Gasteiger partial charge on any atom is 0.257 e. The van der Waals surface area contributed by atoms with Gasteiger partial charge in [-0.3, -0.25) is 4.79 Å². The monoisotopic (exact) mass is 435 g/mol. The highest BCUT2D eigenvalue weighted by Crippen LogP contribution is 2.30. The van der Waals surface area contributed by atoms with Crippen molar-refractivity contribution >= 4 is 53.7 Å². The first kappa shape index (κ1) is 23.1. The van der Waals surface area contributed by atoms with Gasteiger partial charge in [0.25, 0.3) is 5.91 Å². The summed E-state index contributed by atoms with van der Waals surface area (Å²) in [5.41, 5.74) is 7.48. The molecule has 0 bridgehead atoms. The van der Waals surface area contributed by atoms with Crippen molar-refractivity contribution in [1.82, 2.24) is 4.90 Å². The number of ether oxygens (including phenoxy) is 1. The zero-order valence-corrected chi connectivity index (χ0v) is 17.0. The normalized spacial score (nSPS) is 13.4. The molecule has 27 heavy (non-hydrogen) atoms. The van der Waals surface area contributed by atoms with Gasteiger partial charge in [-0.05, 0) is 30.3 Å². The van der Waals surface area contributed by atoms with Crippen molar-refractivity contribution in [2.75, 3.05) is 43.9 Å². The Labute approximate surface area is 175 Å². The molecule has 0 aromatic heterocycles. The molecule has 5 nitrogen and oxygen atoms in total. The largest absolute Gasteiger partial charge is 0.496 e. The fourth-order valence-corrected chi connectivity index (χ4v) is 3.06. The SMILES string of the molecule is COc1cc(N)c(Cl)cc1C(=O)N1CCN(c2ccc(F)cc2)CC1.Cl.Cl. The number of hydrogen-bond donors (Lipinski definition) is 1. The number of anilines is 2. The minimum atomic E-state index is -0.259. The van der Waals surface area contributed by atoms with Crippen LogP contribution in [0.1, 0.15) is 10.4 Å². The number of halogens is 4. The first-order chi connectivity index (χ1) is 12.0. The lowest BCUT2D eigenvalue weighted by Crippen LogP contribution is -2.48. The molecule has 2 N–H and O–H groups in total. The molecule has 0 spiro atoms. The third kappa shape index (κ3) is 5.09. The van der Waals surface area contributed by atoms with Gasteiger partial charge in [0.2, 0.25) is 0 Å². The molecule has 0 saturated carbocycles. The molecule has 0 aliphatic carbocycles. The highest BCUT2D eigenvalue weighted by molar-refractivity contribution is 6.33. The molecule has 2 aromatic rings. The first-order valence-corrected chi connectivity index (χ1v) is 8.30. The highest BCUT2D eigenvalue weighted by atomic mass is 35.5. The fraction of sp³-hybridized carbons (Fsp3) is 0.278. The van der Waals surface area contributed by atoms with Gasteiger partial charge >= 0.3 is 0 Å². The van der Waals surface area contributed by atoms with Crippen LogP contribution >= 0.6 is 36.4 Å². The van der Waals surface area contributed by atoms with Gasteiger partial charge in [-0.15, -0.1) is 24.8 Å². The molecule has 1 aliphatic rings. The topological polar surface area (TPSA) is 58.8 Å². The number of nitrogen functional groups attached to an aromatic ring is 1. The summed E-state index contributed by atoms with van der Waals surface area (Å²) < 4.78 is 18.3. The summed E-state index contributed by atoms with van der Waals surface area (Å²) in [5.74, 6) is 0.00950. The zero-order chi connectivity index (χ0) is 18.0. The summed E-state index contributed by atoms with van der Waals surface area (Å²) >= 11 is 6.05. The number of piperazine rings is 1. The van der Waals surface area contributed by atoms with Gasteiger partial charge in [0.05, 0.1) is 23.4 Å². The standard InChI is InChI=1S/C18H19ClFN3O2.2ClH/c1-25-17-11-16(21)15(19)10-14(17)18(24)23-8-6-22(7-9-23)13-4-2-12(20)3-5-13;;/h2-5,10-11H,6-9,21H2,1H3;2*1H. The smallest absolute Gasteiger partial charge is 0.257 e. The third-order valence-corrected chi connectivity index (χ3v) is 4.64. The highest BCUT2D eigenvalue weighted by Gasteiger charge is 2.25. The number of benzene rings is 2. The molecule has 148 valence electrons. The Morgan fingerprint density at radius 1 is 1.11 bits per heavy atom. The summed E-state index contributed by atoms with van der Waals surface area (Å²) in [5, 5.41) is 0.328. The molecule has 0 atom stereocenters. The Kier molecular flexibility index (Phi) is 8.47. The van der Waals surface area contributed by atoms with E-state index in [0.29, 0.717) is 48.2 Å². The van der Waals surface area contributed by atoms with Crippen LogP contribution in [0.2, 0.25) is 5.02 Å². The minimum absolute atomic E-state index is 0. The number of methoxy groups -OCH3 is 1. The van der Waals surface area contributed by atoms with Crippen LogP contribution in [-0.4, -0.2) is 44.1 Å². The minimum Gasteiger partial charge on any atom is -0.496 e. The average Bonchev–Trinajstić information content (AvgIpc) is 2.64. The zero-order valence-electron chi connectivity index (χ0n) is 14.7. The van der Waals surface area contributed by atoms with E-state index in [2.05, 4.69) is 4.90 Å². The second-order valence-corrected chi connectivity index (χ2v) is 6.24. The molecule has 1 amide bonds. The molecule has 0 radical (unpaired) electrons. The van der Waals surface area contributed by atoms with E-state index in [-0.39, 0.29) is 36.5 Å². The Balaban J connectivity index is 0.00000182. The van der Waals surface area contributed by atoms with Gasteiger partial charge in [0, 0.05) is 37.9 Å². The van der Waals surface area contributed by atoms with Crippen LogP contribution in [0, 0.1) is 5.82 Å². The van der Waals surface area contributed by atoms with E-state index >= 15 is 0 Å². The Hall–Kier alpha value is -1.89. The van der Waals surface area contributed by atoms with E-state index in [1.54, 1.807) is 29.2 Å². The van der Waals surface area contributed by atoms with E-state index in [4.69, 9.17) is 22.1 Å². The molecule has 1 heterocycles. The maximum atomic E-state index is 13.0. The summed E-state index contributed by atoms with van der Waals surface area (Å²) in [7, 11) is 1.49. The van der Waals surface area contributed by atoms with Crippen LogP contribution in [0.25, 0.3) is 0 Å². The van der Waals surface area contributed by atoms with Gasteiger partial charge in [0.15, 0.2) is 0 Å². The van der Waals surface area contributed by atoms with E-state index in [1.807, 2.05) is 0 Å². The van der Waals surface area contributed by atoms with Crippen molar-refractivity contribution in [2.45, 2.75) is 0 Å². The Morgan fingerprint density at radius 3 is 2.26 bits per heavy atom. The molecule has 0 unspecified atom stereocenters. The molecule has 1 saturated heterocycles. The third-order valence-electron chi connectivity index (χ3n) is 4.31. The molecular formula is C18H21Cl3FN3O2. The van der Waals surface area contributed by atoms with Crippen molar-refractivity contribution in [3.8, 4) is 5.75 Å². The van der Waals surface area contributed by atoms with E-state index < -0.39 is 0 Å². The molecule has 2 aromatic carbocycles. The van der Waals surface area contributed by atoms with Gasteiger partial charge in [0.1, 0.15) is 11.6 Å². The quantitative estimate of drug-likeness (QED) is 0.742. The van der Waals surface area contributed by atoms with E-state index in [1.165, 1.54) is 19.2 Å². The average molecular weight is 437 g/mol. The van der Waals surface area contributed by atoms with Crippen LogP contribution in [0.3, 0.4) is 0 Å². The second kappa shape index (κ2) is 9.88. The van der Waals surface area contributed by atoms with Crippen molar-refractivity contribution in [3.05, 3.63) is 52.8 Å². The van der Waals surface area contributed by atoms with Gasteiger partial charge < -0.3 is 20.3 Å². The predicted octanol–water partition coefficient (Wildman–Crippen LogP) is 3.88. The number of rotatable bonds is 3.